The summed E-state index contributed by atoms with van der Waals surface area (Å²) in [5, 5.41) is 6.94. The van der Waals surface area contributed by atoms with Crippen LogP contribution >= 0.6 is 11.6 Å². The van der Waals surface area contributed by atoms with Crippen LogP contribution in [0.4, 0.5) is 10.2 Å². The number of hydrogen-bond donors (Lipinski definition) is 2. The molecule has 38 heavy (non-hydrogen) atoms. The number of nitrogens with zero attached hydrogens (tertiary/aromatic N) is 3. The van der Waals surface area contributed by atoms with Gasteiger partial charge in [-0.2, -0.15) is 0 Å². The first-order valence-electron chi connectivity index (χ1n) is 12.8. The number of carbonyl (C=O) groups excluding carboxylic acids is 1. The first-order valence-corrected chi connectivity index (χ1v) is 13.2. The zero-order valence-electron chi connectivity index (χ0n) is 20.9. The molecule has 1 fully saturated rings. The third-order valence-corrected chi connectivity index (χ3v) is 7.20. The van der Waals surface area contributed by atoms with Gasteiger partial charge in [-0.05, 0) is 86.1 Å². The lowest BCUT2D eigenvalue weighted by molar-refractivity contribution is 0.0921. The van der Waals surface area contributed by atoms with E-state index in [2.05, 4.69) is 20.6 Å². The van der Waals surface area contributed by atoms with Crippen LogP contribution < -0.4 is 10.6 Å². The maximum Gasteiger partial charge on any atom is 0.253 e. The van der Waals surface area contributed by atoms with Gasteiger partial charge in [-0.1, -0.05) is 29.8 Å². The number of hydrogen-bond acceptors (Lipinski definition) is 5. The van der Waals surface area contributed by atoms with E-state index in [1.54, 1.807) is 36.8 Å². The fraction of sp³-hybridized carbons (Fsp3) is 0.267. The molecule has 0 saturated heterocycles. The fourth-order valence-corrected chi connectivity index (χ4v) is 5.09. The molecule has 1 aromatic carbocycles. The molecule has 6 nitrogen and oxygen atoms in total. The first kappa shape index (κ1) is 25.8. The number of carbonyl (C=O) groups is 1. The second-order valence-corrected chi connectivity index (χ2v) is 10.1. The Balaban J connectivity index is 1.19. The summed E-state index contributed by atoms with van der Waals surface area (Å²) in [4.78, 5) is 25.8. The fourth-order valence-electron chi connectivity index (χ4n) is 4.89. The minimum absolute atomic E-state index is 0.0642. The second kappa shape index (κ2) is 12.1. The van der Waals surface area contributed by atoms with Crippen molar-refractivity contribution in [2.45, 2.75) is 44.7 Å². The summed E-state index contributed by atoms with van der Waals surface area (Å²) in [7, 11) is 0. The molecule has 194 valence electrons. The SMILES string of the molecule is O=C(NC1CCC(Cc2cc(-c3cccc(NCc4cccc(F)c4)n3)c(Cl)cn2)CC1)c1cccnc1. The summed E-state index contributed by atoms with van der Waals surface area (Å²) in [6.07, 6.45) is 9.73. The highest BCUT2D eigenvalue weighted by Crippen LogP contribution is 2.31. The van der Waals surface area contributed by atoms with E-state index in [0.29, 0.717) is 28.9 Å². The molecule has 8 heteroatoms. The van der Waals surface area contributed by atoms with Crippen molar-refractivity contribution in [1.82, 2.24) is 20.3 Å². The molecular weight excluding hydrogens is 501 g/mol. The van der Waals surface area contributed by atoms with E-state index in [1.165, 1.54) is 12.1 Å². The zero-order chi connectivity index (χ0) is 26.3. The maximum atomic E-state index is 13.5. The van der Waals surface area contributed by atoms with Gasteiger partial charge in [0.05, 0.1) is 16.3 Å². The number of pyridine rings is 3. The van der Waals surface area contributed by atoms with E-state index < -0.39 is 0 Å². The molecule has 0 atom stereocenters. The van der Waals surface area contributed by atoms with Crippen molar-refractivity contribution in [1.29, 1.82) is 0 Å². The van der Waals surface area contributed by atoms with E-state index >= 15 is 0 Å². The van der Waals surface area contributed by atoms with Crippen molar-refractivity contribution in [3.05, 3.63) is 107 Å². The molecule has 3 heterocycles. The topological polar surface area (TPSA) is 79.8 Å². The Kier molecular flexibility index (Phi) is 8.24. The predicted octanol–water partition coefficient (Wildman–Crippen LogP) is 6.47. The predicted molar refractivity (Wildman–Crippen MR) is 147 cm³/mol. The van der Waals surface area contributed by atoms with Gasteiger partial charge in [-0.25, -0.2) is 9.37 Å². The summed E-state index contributed by atoms with van der Waals surface area (Å²) in [6, 6.07) is 18.0. The maximum absolute atomic E-state index is 13.5. The number of aromatic nitrogens is 3. The molecule has 2 N–H and O–H groups in total. The summed E-state index contributed by atoms with van der Waals surface area (Å²) in [5.74, 6) is 0.860. The molecule has 0 unspecified atom stereocenters. The van der Waals surface area contributed by atoms with Crippen LogP contribution in [0.15, 0.2) is 79.3 Å². The minimum atomic E-state index is -0.259. The second-order valence-electron chi connectivity index (χ2n) is 9.68. The van der Waals surface area contributed by atoms with Crippen LogP contribution in [-0.4, -0.2) is 26.9 Å². The largest absolute Gasteiger partial charge is 0.366 e. The lowest BCUT2D eigenvalue weighted by atomic mass is 9.83. The quantitative estimate of drug-likeness (QED) is 0.273. The summed E-state index contributed by atoms with van der Waals surface area (Å²) >= 11 is 6.53. The smallest absolute Gasteiger partial charge is 0.253 e. The van der Waals surface area contributed by atoms with Crippen molar-refractivity contribution in [2.75, 3.05) is 5.32 Å². The van der Waals surface area contributed by atoms with Crippen LogP contribution in [0, 0.1) is 11.7 Å². The lowest BCUT2D eigenvalue weighted by Crippen LogP contribution is -2.37. The highest BCUT2D eigenvalue weighted by atomic mass is 35.5. The summed E-state index contributed by atoms with van der Waals surface area (Å²) in [5.41, 5.74) is 4.00. The Morgan fingerprint density at radius 3 is 2.63 bits per heavy atom. The van der Waals surface area contributed by atoms with Gasteiger partial charge in [-0.15, -0.1) is 0 Å². The van der Waals surface area contributed by atoms with E-state index in [0.717, 1.165) is 54.6 Å². The van der Waals surface area contributed by atoms with Crippen molar-refractivity contribution >= 4 is 23.3 Å². The van der Waals surface area contributed by atoms with Gasteiger partial charge in [0.2, 0.25) is 0 Å². The molecule has 1 aliphatic rings. The van der Waals surface area contributed by atoms with E-state index in [1.807, 2.05) is 30.3 Å². The average molecular weight is 530 g/mol. The van der Waals surface area contributed by atoms with Crippen molar-refractivity contribution in [2.24, 2.45) is 5.92 Å². The third-order valence-electron chi connectivity index (χ3n) is 6.90. The zero-order valence-corrected chi connectivity index (χ0v) is 21.7. The number of benzene rings is 1. The average Bonchev–Trinajstić information content (AvgIpc) is 2.95. The molecule has 0 spiro atoms. The lowest BCUT2D eigenvalue weighted by Gasteiger charge is -2.29. The van der Waals surface area contributed by atoms with Crippen LogP contribution in [-0.2, 0) is 13.0 Å². The molecule has 4 aromatic rings. The first-order chi connectivity index (χ1) is 18.5. The Morgan fingerprint density at radius 2 is 1.84 bits per heavy atom. The highest BCUT2D eigenvalue weighted by Gasteiger charge is 2.24. The molecule has 0 aliphatic heterocycles. The molecule has 1 aliphatic carbocycles. The number of halogens is 2. The van der Waals surface area contributed by atoms with Crippen molar-refractivity contribution < 1.29 is 9.18 Å². The number of nitrogens with one attached hydrogen (secondary N) is 2. The van der Waals surface area contributed by atoms with E-state index in [9.17, 15) is 9.18 Å². The molecule has 1 saturated carbocycles. The Morgan fingerprint density at radius 1 is 1.00 bits per heavy atom. The van der Waals surface area contributed by atoms with Crippen LogP contribution in [0.25, 0.3) is 11.3 Å². The number of amides is 1. The standard InChI is InChI=1S/C30H29ClFN5O/c31-27-19-34-25(15-20-9-11-24(12-10-20)36-30(38)22-5-3-13-33-18-22)16-26(27)28-7-2-8-29(37-28)35-17-21-4-1-6-23(32)14-21/h1-8,13-14,16,18-20,24H,9-12,15,17H2,(H,35,37)(H,36,38). The monoisotopic (exact) mass is 529 g/mol. The molecular formula is C30H29ClFN5O. The van der Waals surface area contributed by atoms with Gasteiger partial charge in [0.15, 0.2) is 0 Å². The van der Waals surface area contributed by atoms with E-state index in [-0.39, 0.29) is 17.8 Å². The number of rotatable bonds is 8. The molecule has 0 radical (unpaired) electrons. The van der Waals surface area contributed by atoms with Crippen molar-refractivity contribution in [3.63, 3.8) is 0 Å². The van der Waals surface area contributed by atoms with Gasteiger partial charge in [0.25, 0.3) is 5.91 Å². The minimum Gasteiger partial charge on any atom is -0.366 e. The molecule has 5 rings (SSSR count). The third kappa shape index (κ3) is 6.72. The van der Waals surface area contributed by atoms with Crippen molar-refractivity contribution in [3.8, 4) is 11.3 Å². The van der Waals surface area contributed by atoms with E-state index in [4.69, 9.17) is 16.6 Å². The number of anilines is 1. The van der Waals surface area contributed by atoms with Gasteiger partial charge in [0, 0.05) is 42.4 Å². The summed E-state index contributed by atoms with van der Waals surface area (Å²) in [6.45, 7) is 0.467. The van der Waals surface area contributed by atoms with Gasteiger partial charge >= 0.3 is 0 Å². The van der Waals surface area contributed by atoms with Gasteiger partial charge in [-0.3, -0.25) is 14.8 Å². The highest BCUT2D eigenvalue weighted by molar-refractivity contribution is 6.33. The van der Waals surface area contributed by atoms with Crippen LogP contribution in [0.3, 0.4) is 0 Å². The molecule has 1 amide bonds. The van der Waals surface area contributed by atoms with Crippen LogP contribution in [0.2, 0.25) is 5.02 Å². The summed E-state index contributed by atoms with van der Waals surface area (Å²) < 4.78 is 13.5. The normalized spacial score (nSPS) is 17.1. The molecule has 0 bridgehead atoms. The van der Waals surface area contributed by atoms with Gasteiger partial charge < -0.3 is 10.6 Å². The van der Waals surface area contributed by atoms with Gasteiger partial charge in [0.1, 0.15) is 11.6 Å². The van der Waals surface area contributed by atoms with Crippen LogP contribution in [0.5, 0.6) is 0 Å². The van der Waals surface area contributed by atoms with Crippen LogP contribution in [0.1, 0.15) is 47.3 Å². The molecule has 3 aromatic heterocycles. The Bertz CT molecular complexity index is 1390. The Labute approximate surface area is 226 Å². The Hall–Kier alpha value is -3.84.